The van der Waals surface area contributed by atoms with Crippen LogP contribution in [0.15, 0.2) is 29.3 Å². The Hall–Kier alpha value is -1.77. The standard InChI is InChI=1S/C27H36N4S/c28-20-21-12-14-23(15-13-21)31-25(29-22-10-4-1-5-11-22)24(30-18-8-3-9-19-30)27(26(31)32)16-6-2-7-17-27/h12-15,22,24H,1-11,16-19H2/t24-/m1/s1. The van der Waals surface area contributed by atoms with Gasteiger partial charge in [0.2, 0.25) is 0 Å². The van der Waals surface area contributed by atoms with Crippen molar-refractivity contribution in [3.8, 4) is 6.07 Å². The Labute approximate surface area is 198 Å². The molecule has 0 radical (unpaired) electrons. The van der Waals surface area contributed by atoms with Gasteiger partial charge in [-0.15, -0.1) is 0 Å². The van der Waals surface area contributed by atoms with Gasteiger partial charge in [-0.05, 0) is 75.9 Å². The first-order valence-corrected chi connectivity index (χ1v) is 13.3. The molecule has 170 valence electrons. The third-order valence-electron chi connectivity index (χ3n) is 8.27. The largest absolute Gasteiger partial charge is 0.293 e. The highest BCUT2D eigenvalue weighted by Gasteiger charge is 2.57. The van der Waals surface area contributed by atoms with E-state index < -0.39 is 0 Å². The van der Waals surface area contributed by atoms with Crippen molar-refractivity contribution in [2.24, 2.45) is 10.4 Å². The van der Waals surface area contributed by atoms with Crippen LogP contribution in [0.4, 0.5) is 5.69 Å². The van der Waals surface area contributed by atoms with Crippen molar-refractivity contribution in [3.05, 3.63) is 29.8 Å². The number of amidine groups is 1. The zero-order valence-corrected chi connectivity index (χ0v) is 20.1. The molecule has 1 spiro atoms. The van der Waals surface area contributed by atoms with Crippen molar-refractivity contribution in [1.82, 2.24) is 4.90 Å². The summed E-state index contributed by atoms with van der Waals surface area (Å²) in [6, 6.07) is 11.0. The first-order valence-electron chi connectivity index (χ1n) is 12.9. The van der Waals surface area contributed by atoms with Gasteiger partial charge in [0.25, 0.3) is 0 Å². The summed E-state index contributed by atoms with van der Waals surface area (Å²) in [7, 11) is 0. The number of nitriles is 1. The zero-order chi connectivity index (χ0) is 22.0. The molecule has 2 saturated heterocycles. The average Bonchev–Trinajstić information content (AvgIpc) is 3.07. The maximum absolute atomic E-state index is 9.31. The van der Waals surface area contributed by atoms with Crippen molar-refractivity contribution >= 4 is 28.7 Å². The lowest BCUT2D eigenvalue weighted by atomic mass is 9.69. The molecule has 0 N–H and O–H groups in total. The smallest absolute Gasteiger partial charge is 0.127 e. The van der Waals surface area contributed by atoms with E-state index in [9.17, 15) is 5.26 Å². The van der Waals surface area contributed by atoms with Gasteiger partial charge in [-0.2, -0.15) is 5.26 Å². The Bertz CT molecular complexity index is 881. The van der Waals surface area contributed by atoms with Crippen LogP contribution in [0.2, 0.25) is 0 Å². The van der Waals surface area contributed by atoms with Crippen molar-refractivity contribution < 1.29 is 0 Å². The first kappa shape index (κ1) is 22.0. The average molecular weight is 449 g/mol. The van der Waals surface area contributed by atoms with Gasteiger partial charge in [0.15, 0.2) is 0 Å². The highest BCUT2D eigenvalue weighted by molar-refractivity contribution is 7.80. The maximum atomic E-state index is 9.31. The normalized spacial score (nSPS) is 28.3. The van der Waals surface area contributed by atoms with Crippen LogP contribution < -0.4 is 4.90 Å². The van der Waals surface area contributed by atoms with E-state index >= 15 is 0 Å². The Balaban J connectivity index is 1.61. The van der Waals surface area contributed by atoms with Gasteiger partial charge < -0.3 is 0 Å². The number of hydrogen-bond acceptors (Lipinski definition) is 4. The van der Waals surface area contributed by atoms with E-state index in [0.29, 0.717) is 17.6 Å². The molecule has 2 heterocycles. The van der Waals surface area contributed by atoms with E-state index in [2.05, 4.69) is 28.0 Å². The lowest BCUT2D eigenvalue weighted by molar-refractivity contribution is 0.112. The Morgan fingerprint density at radius 3 is 2.16 bits per heavy atom. The van der Waals surface area contributed by atoms with Crippen LogP contribution in [0.3, 0.4) is 0 Å². The summed E-state index contributed by atoms with van der Waals surface area (Å²) in [4.78, 5) is 11.7. The van der Waals surface area contributed by atoms with E-state index in [-0.39, 0.29) is 5.41 Å². The quantitative estimate of drug-likeness (QED) is 0.513. The molecule has 4 aliphatic rings. The van der Waals surface area contributed by atoms with Gasteiger partial charge in [-0.3, -0.25) is 14.8 Å². The molecule has 2 saturated carbocycles. The third-order valence-corrected chi connectivity index (χ3v) is 8.86. The van der Waals surface area contributed by atoms with Crippen LogP contribution in [0.5, 0.6) is 0 Å². The van der Waals surface area contributed by atoms with Crippen LogP contribution in [0, 0.1) is 16.7 Å². The summed E-state index contributed by atoms with van der Waals surface area (Å²) >= 11 is 6.36. The van der Waals surface area contributed by atoms with Crippen molar-refractivity contribution in [1.29, 1.82) is 5.26 Å². The van der Waals surface area contributed by atoms with Crippen LogP contribution in [0.25, 0.3) is 0 Å². The molecule has 0 unspecified atom stereocenters. The monoisotopic (exact) mass is 448 g/mol. The fourth-order valence-corrected chi connectivity index (χ4v) is 7.15. The van der Waals surface area contributed by atoms with E-state index in [1.807, 2.05) is 12.1 Å². The molecule has 0 bridgehead atoms. The molecule has 1 atom stereocenters. The topological polar surface area (TPSA) is 42.6 Å². The molecule has 0 aromatic heterocycles. The van der Waals surface area contributed by atoms with Crippen LogP contribution in [-0.2, 0) is 0 Å². The minimum absolute atomic E-state index is 0.0341. The van der Waals surface area contributed by atoms with Gasteiger partial charge >= 0.3 is 0 Å². The van der Waals surface area contributed by atoms with E-state index in [4.69, 9.17) is 17.2 Å². The summed E-state index contributed by atoms with van der Waals surface area (Å²) in [5, 5.41) is 9.31. The summed E-state index contributed by atoms with van der Waals surface area (Å²) in [6.07, 6.45) is 16.5. The van der Waals surface area contributed by atoms with E-state index in [1.54, 1.807) is 0 Å². The van der Waals surface area contributed by atoms with Crippen molar-refractivity contribution in [3.63, 3.8) is 0 Å². The second-order valence-corrected chi connectivity index (χ2v) is 10.7. The second kappa shape index (κ2) is 9.61. The molecule has 0 amide bonds. The lowest BCUT2D eigenvalue weighted by Gasteiger charge is -2.44. The van der Waals surface area contributed by atoms with E-state index in [0.717, 1.165) is 10.7 Å². The third kappa shape index (κ3) is 4.01. The van der Waals surface area contributed by atoms with Crippen LogP contribution in [-0.4, -0.2) is 40.9 Å². The molecular formula is C27H36N4S. The zero-order valence-electron chi connectivity index (χ0n) is 19.3. The molecule has 1 aromatic carbocycles. The SMILES string of the molecule is N#Cc1ccc(N2C(=S)C3(CCCCC3)[C@H](N3CCCCC3)C2=NC2CCCCC2)cc1. The van der Waals surface area contributed by atoms with Gasteiger partial charge in [0.05, 0.1) is 28.7 Å². The number of benzene rings is 1. The Kier molecular flexibility index (Phi) is 6.62. The number of nitrogens with zero attached hydrogens (tertiary/aromatic N) is 4. The number of rotatable bonds is 3. The van der Waals surface area contributed by atoms with Crippen LogP contribution in [0.1, 0.15) is 89.0 Å². The van der Waals surface area contributed by atoms with Crippen molar-refractivity contribution in [2.75, 3.05) is 18.0 Å². The molecule has 5 heteroatoms. The molecule has 1 aromatic rings. The summed E-state index contributed by atoms with van der Waals surface area (Å²) in [5.41, 5.74) is 1.82. The van der Waals surface area contributed by atoms with Gasteiger partial charge in [0, 0.05) is 11.1 Å². The van der Waals surface area contributed by atoms with Gasteiger partial charge in [-0.25, -0.2) is 0 Å². The number of piperidine rings is 1. The highest BCUT2D eigenvalue weighted by Crippen LogP contribution is 2.50. The van der Waals surface area contributed by atoms with E-state index in [1.165, 1.54) is 102 Å². The number of likely N-dealkylation sites (tertiary alicyclic amines) is 1. The molecule has 2 aliphatic carbocycles. The lowest BCUT2D eigenvalue weighted by Crippen LogP contribution is -2.52. The van der Waals surface area contributed by atoms with Crippen LogP contribution >= 0.6 is 12.2 Å². The number of hydrogen-bond donors (Lipinski definition) is 0. The first-order chi connectivity index (χ1) is 15.7. The summed E-state index contributed by atoms with van der Waals surface area (Å²) < 4.78 is 0. The molecule has 5 rings (SSSR count). The molecule has 32 heavy (non-hydrogen) atoms. The number of thiocarbonyl (C=S) groups is 1. The fraction of sp³-hybridized carbons (Fsp3) is 0.667. The Morgan fingerprint density at radius 2 is 1.50 bits per heavy atom. The maximum Gasteiger partial charge on any atom is 0.127 e. The fourth-order valence-electron chi connectivity index (χ4n) is 6.63. The summed E-state index contributed by atoms with van der Waals surface area (Å²) in [6.45, 7) is 2.33. The van der Waals surface area contributed by atoms with Gasteiger partial charge in [0.1, 0.15) is 5.84 Å². The Morgan fingerprint density at radius 1 is 0.875 bits per heavy atom. The minimum Gasteiger partial charge on any atom is -0.293 e. The van der Waals surface area contributed by atoms with Gasteiger partial charge in [-0.1, -0.05) is 57.2 Å². The summed E-state index contributed by atoms with van der Waals surface area (Å²) in [5.74, 6) is 1.22. The molecule has 2 aliphatic heterocycles. The molecule has 4 fully saturated rings. The number of aliphatic imine (C=N–C) groups is 1. The second-order valence-electron chi connectivity index (χ2n) is 10.3. The predicted molar refractivity (Wildman–Crippen MR) is 135 cm³/mol. The minimum atomic E-state index is 0.0341. The predicted octanol–water partition coefficient (Wildman–Crippen LogP) is 6.24. The highest BCUT2D eigenvalue weighted by atomic mass is 32.1. The number of anilines is 1. The van der Waals surface area contributed by atoms with Crippen molar-refractivity contribution in [2.45, 2.75) is 95.6 Å². The molecule has 4 nitrogen and oxygen atoms in total. The molecular weight excluding hydrogens is 412 g/mol.